The van der Waals surface area contributed by atoms with Crippen LogP contribution < -0.4 is 5.32 Å². The molecule has 42 heavy (non-hydrogen) atoms. The summed E-state index contributed by atoms with van der Waals surface area (Å²) >= 11 is 7.77. The number of rotatable bonds is 6. The number of halogens is 4. The molecule has 0 spiro atoms. The van der Waals surface area contributed by atoms with Gasteiger partial charge in [0.1, 0.15) is 17.5 Å². The Bertz CT molecular complexity index is 1590. The lowest BCUT2D eigenvalue weighted by molar-refractivity contribution is -0.147. The highest BCUT2D eigenvalue weighted by molar-refractivity contribution is 7.11. The number of benzene rings is 1. The fraction of sp³-hybridized carbons (Fsp3) is 0.370. The number of amidine groups is 1. The predicted molar refractivity (Wildman–Crippen MR) is 149 cm³/mol. The van der Waals surface area contributed by atoms with Gasteiger partial charge in [-0.15, -0.1) is 11.3 Å². The van der Waals surface area contributed by atoms with Crippen molar-refractivity contribution in [2.45, 2.75) is 50.9 Å². The number of thiazole rings is 1. The molecule has 2 aliphatic heterocycles. The topological polar surface area (TPSA) is 111 Å². The number of nitrogens with zero attached hydrogens (tertiary/aromatic N) is 5. The van der Waals surface area contributed by atoms with Crippen molar-refractivity contribution < 1.29 is 32.2 Å². The first kappa shape index (κ1) is 29.6. The number of fused-ring (bicyclic) bond motifs is 1. The Morgan fingerprint density at radius 2 is 2.02 bits per heavy atom. The molecule has 2 aliphatic rings. The van der Waals surface area contributed by atoms with Gasteiger partial charge >= 0.3 is 18.6 Å². The largest absolute Gasteiger partial charge is 0.467 e. The monoisotopic (exact) mass is 622 g/mol. The number of hydrogen-bond acceptors (Lipinski definition) is 9. The minimum absolute atomic E-state index is 0.0474. The van der Waals surface area contributed by atoms with Crippen LogP contribution in [0.4, 0.5) is 18.0 Å². The fourth-order valence-electron chi connectivity index (χ4n) is 4.96. The summed E-state index contributed by atoms with van der Waals surface area (Å²) in [6.45, 7) is 1.98. The molecule has 0 bridgehead atoms. The number of amides is 1. The zero-order valence-electron chi connectivity index (χ0n) is 22.9. The van der Waals surface area contributed by atoms with E-state index >= 15 is 0 Å². The summed E-state index contributed by atoms with van der Waals surface area (Å²) in [6.07, 6.45) is 1.69. The SMILES string of the molecule is COC(=O)[C@@]1(NC(=O)OC(C)(C)C)CC2=C(c3ccn(C(F)F)n3)[C@H](c3ccc(F)cc3Cl)N=C(c3nccs3)N2C1. The van der Waals surface area contributed by atoms with Gasteiger partial charge < -0.3 is 19.7 Å². The van der Waals surface area contributed by atoms with E-state index in [1.54, 1.807) is 37.2 Å². The number of methoxy groups -OCH3 is 1. The van der Waals surface area contributed by atoms with E-state index in [0.29, 0.717) is 32.4 Å². The van der Waals surface area contributed by atoms with Crippen LogP contribution in [0.15, 0.2) is 52.7 Å². The van der Waals surface area contributed by atoms with Crippen molar-refractivity contribution in [2.24, 2.45) is 4.99 Å². The van der Waals surface area contributed by atoms with Crippen LogP contribution in [0, 0.1) is 5.82 Å². The third-order valence-corrected chi connectivity index (χ3v) is 7.69. The third-order valence-electron chi connectivity index (χ3n) is 6.60. The molecule has 10 nitrogen and oxygen atoms in total. The fourth-order valence-corrected chi connectivity index (χ4v) is 5.87. The summed E-state index contributed by atoms with van der Waals surface area (Å²) in [6, 6.07) is 4.22. The summed E-state index contributed by atoms with van der Waals surface area (Å²) in [7, 11) is 1.19. The Labute approximate surface area is 247 Å². The highest BCUT2D eigenvalue weighted by Gasteiger charge is 2.54. The molecule has 0 radical (unpaired) electrons. The summed E-state index contributed by atoms with van der Waals surface area (Å²) in [4.78, 5) is 37.4. The molecule has 1 aromatic carbocycles. The maximum atomic E-state index is 14.1. The lowest BCUT2D eigenvalue weighted by atomic mass is 9.90. The molecular formula is C27H26ClF3N6O4S. The van der Waals surface area contributed by atoms with Gasteiger partial charge in [0, 0.05) is 46.1 Å². The molecule has 1 fully saturated rings. The molecule has 0 saturated carbocycles. The smallest absolute Gasteiger partial charge is 0.408 e. The molecule has 4 heterocycles. The minimum atomic E-state index is -2.92. The lowest BCUT2D eigenvalue weighted by Gasteiger charge is -2.32. The van der Waals surface area contributed by atoms with Crippen molar-refractivity contribution in [1.82, 2.24) is 25.0 Å². The maximum absolute atomic E-state index is 14.1. The highest BCUT2D eigenvalue weighted by atomic mass is 35.5. The Morgan fingerprint density at radius 3 is 2.62 bits per heavy atom. The standard InChI is InChI=1S/C27H26ClF3N6O4S/c1-26(2,3)41-25(39)34-27(23(38)40-4)12-18-19(17-7-9-37(35-17)24(30)31)20(15-6-5-14(29)11-16(15)28)33-21(36(18)13-27)22-32-8-10-42-22/h5-11,20,24H,12-13H2,1-4H3,(H,34,39)/t20-,27+/m0/s1. The molecule has 5 rings (SSSR count). The summed E-state index contributed by atoms with van der Waals surface area (Å²) in [5.41, 5.74) is -1.27. The average Bonchev–Trinajstić information content (AvgIpc) is 3.66. The first-order chi connectivity index (χ1) is 19.8. The van der Waals surface area contributed by atoms with Gasteiger partial charge in [-0.05, 0) is 39.0 Å². The maximum Gasteiger partial charge on any atom is 0.408 e. The molecule has 0 aliphatic carbocycles. The molecule has 2 atom stereocenters. The molecule has 1 amide bonds. The average molecular weight is 623 g/mol. The second-order valence-electron chi connectivity index (χ2n) is 10.6. The van der Waals surface area contributed by atoms with Crippen molar-refractivity contribution >= 4 is 46.4 Å². The summed E-state index contributed by atoms with van der Waals surface area (Å²) in [5, 5.41) is 9.03. The third kappa shape index (κ3) is 5.60. The van der Waals surface area contributed by atoms with Crippen LogP contribution in [0.1, 0.15) is 56.0 Å². The van der Waals surface area contributed by atoms with Crippen molar-refractivity contribution in [3.63, 3.8) is 0 Å². The van der Waals surface area contributed by atoms with Crippen LogP contribution >= 0.6 is 22.9 Å². The predicted octanol–water partition coefficient (Wildman–Crippen LogP) is 5.58. The van der Waals surface area contributed by atoms with E-state index in [-0.39, 0.29) is 23.7 Å². The zero-order chi connectivity index (χ0) is 30.4. The van der Waals surface area contributed by atoms with Crippen molar-refractivity contribution in [3.05, 3.63) is 74.8 Å². The van der Waals surface area contributed by atoms with E-state index in [1.807, 2.05) is 0 Å². The number of alkyl carbamates (subject to hydrolysis) is 1. The van der Waals surface area contributed by atoms with Crippen molar-refractivity contribution in [3.8, 4) is 0 Å². The second-order valence-corrected chi connectivity index (χ2v) is 11.9. The number of esters is 1. The molecule has 15 heteroatoms. The van der Waals surface area contributed by atoms with Gasteiger partial charge in [-0.3, -0.25) is 4.99 Å². The van der Waals surface area contributed by atoms with E-state index in [0.717, 1.165) is 12.3 Å². The van der Waals surface area contributed by atoms with Crippen molar-refractivity contribution in [1.29, 1.82) is 0 Å². The Hall–Kier alpha value is -3.91. The highest BCUT2D eigenvalue weighted by Crippen LogP contribution is 2.48. The Balaban J connectivity index is 1.74. The molecular weight excluding hydrogens is 597 g/mol. The Kier molecular flexibility index (Phi) is 7.79. The van der Waals surface area contributed by atoms with Crippen LogP contribution in [0.25, 0.3) is 5.57 Å². The number of ether oxygens (including phenoxy) is 2. The minimum Gasteiger partial charge on any atom is -0.467 e. The first-order valence-corrected chi connectivity index (χ1v) is 13.9. The van der Waals surface area contributed by atoms with Gasteiger partial charge in [0.05, 0.1) is 19.3 Å². The summed E-state index contributed by atoms with van der Waals surface area (Å²) < 4.78 is 52.3. The molecule has 222 valence electrons. The van der Waals surface area contributed by atoms with Crippen LogP contribution in [0.5, 0.6) is 0 Å². The van der Waals surface area contributed by atoms with Crippen LogP contribution in [0.2, 0.25) is 5.02 Å². The van der Waals surface area contributed by atoms with E-state index in [9.17, 15) is 22.8 Å². The lowest BCUT2D eigenvalue weighted by Crippen LogP contribution is -2.58. The van der Waals surface area contributed by atoms with Crippen LogP contribution in [0.3, 0.4) is 0 Å². The number of nitrogens with one attached hydrogen (secondary N) is 1. The zero-order valence-corrected chi connectivity index (χ0v) is 24.5. The van der Waals surface area contributed by atoms with Gasteiger partial charge in [0.2, 0.25) is 0 Å². The van der Waals surface area contributed by atoms with E-state index < -0.39 is 41.6 Å². The first-order valence-electron chi connectivity index (χ1n) is 12.7. The van der Waals surface area contributed by atoms with E-state index in [1.165, 1.54) is 36.6 Å². The number of aromatic nitrogens is 3. The number of carbonyl (C=O) groups is 2. The molecule has 1 saturated heterocycles. The molecule has 2 aromatic heterocycles. The number of aliphatic imine (C=N–C) groups is 1. The quantitative estimate of drug-likeness (QED) is 0.357. The summed E-state index contributed by atoms with van der Waals surface area (Å²) in [5.74, 6) is -1.00. The van der Waals surface area contributed by atoms with Crippen molar-refractivity contribution in [2.75, 3.05) is 13.7 Å². The van der Waals surface area contributed by atoms with Crippen LogP contribution in [-0.4, -0.2) is 62.4 Å². The van der Waals surface area contributed by atoms with Gasteiger partial charge in [-0.25, -0.2) is 23.6 Å². The number of alkyl halides is 2. The van der Waals surface area contributed by atoms with Gasteiger partial charge in [-0.1, -0.05) is 17.7 Å². The van der Waals surface area contributed by atoms with Crippen LogP contribution in [-0.2, 0) is 14.3 Å². The number of carbonyl (C=O) groups excluding carboxylic acids is 2. The second kappa shape index (κ2) is 11.1. The molecule has 1 N–H and O–H groups in total. The van der Waals surface area contributed by atoms with Gasteiger partial charge in [0.15, 0.2) is 16.4 Å². The van der Waals surface area contributed by atoms with Gasteiger partial charge in [-0.2, -0.15) is 13.9 Å². The van der Waals surface area contributed by atoms with E-state index in [4.69, 9.17) is 26.1 Å². The number of hydrogen-bond donors (Lipinski definition) is 1. The molecule has 3 aromatic rings. The van der Waals surface area contributed by atoms with E-state index in [2.05, 4.69) is 15.4 Å². The normalized spacial score (nSPS) is 20.5. The molecule has 0 unspecified atom stereocenters. The Morgan fingerprint density at radius 1 is 1.26 bits per heavy atom. The van der Waals surface area contributed by atoms with Gasteiger partial charge in [0.25, 0.3) is 0 Å².